The number of rotatable bonds is 5. The molecule has 7 nitrogen and oxygen atoms in total. The molecule has 31 heavy (non-hydrogen) atoms. The van der Waals surface area contributed by atoms with Gasteiger partial charge in [-0.25, -0.2) is 9.97 Å². The molecular formula is C23H27N5O2S. The van der Waals surface area contributed by atoms with Gasteiger partial charge in [0.1, 0.15) is 5.82 Å². The Labute approximate surface area is 185 Å². The number of nitrogens with zero attached hydrogens (tertiary/aromatic N) is 4. The lowest BCUT2D eigenvalue weighted by molar-refractivity contribution is -0.122. The smallest absolute Gasteiger partial charge is 0.254 e. The Balaban J connectivity index is 1.13. The van der Waals surface area contributed by atoms with Crippen LogP contribution < -0.4 is 10.9 Å². The van der Waals surface area contributed by atoms with E-state index < -0.39 is 0 Å². The number of thioether (sulfide) groups is 1. The normalized spacial score (nSPS) is 23.1. The highest BCUT2D eigenvalue weighted by molar-refractivity contribution is 7.99. The van der Waals surface area contributed by atoms with Gasteiger partial charge < -0.3 is 9.88 Å². The maximum atomic E-state index is 12.5. The molecule has 8 heteroatoms. The quantitative estimate of drug-likeness (QED) is 0.620. The van der Waals surface area contributed by atoms with Crippen LogP contribution in [0.15, 0.2) is 46.5 Å². The zero-order valence-corrected chi connectivity index (χ0v) is 18.5. The van der Waals surface area contributed by atoms with E-state index in [1.807, 2.05) is 6.07 Å². The van der Waals surface area contributed by atoms with Crippen LogP contribution >= 0.6 is 11.8 Å². The van der Waals surface area contributed by atoms with E-state index in [0.29, 0.717) is 30.0 Å². The summed E-state index contributed by atoms with van der Waals surface area (Å²) in [6.45, 7) is 0.711. The molecule has 1 amide bonds. The summed E-state index contributed by atoms with van der Waals surface area (Å²) in [6, 6.07) is 9.65. The summed E-state index contributed by atoms with van der Waals surface area (Å²) in [7, 11) is 2.11. The number of benzene rings is 1. The first-order valence-electron chi connectivity index (χ1n) is 11.0. The summed E-state index contributed by atoms with van der Waals surface area (Å²) in [4.78, 5) is 33.7. The van der Waals surface area contributed by atoms with Crippen LogP contribution in [0.3, 0.4) is 0 Å². The van der Waals surface area contributed by atoms with Crippen LogP contribution in [0.5, 0.6) is 0 Å². The Kier molecular flexibility index (Phi) is 5.56. The molecule has 5 rings (SSSR count). The Hall–Kier alpha value is -2.61. The molecule has 1 saturated carbocycles. The Bertz CT molecular complexity index is 1160. The van der Waals surface area contributed by atoms with Crippen molar-refractivity contribution >= 4 is 28.7 Å². The highest BCUT2D eigenvalue weighted by Gasteiger charge is 2.28. The average Bonchev–Trinajstić information content (AvgIpc) is 3.35. The average molecular weight is 438 g/mol. The lowest BCUT2D eigenvalue weighted by Crippen LogP contribution is -2.34. The number of para-hydroxylation sites is 2. The molecule has 1 fully saturated rings. The fourth-order valence-corrected chi connectivity index (χ4v) is 6.06. The number of imidazole rings is 1. The van der Waals surface area contributed by atoms with Crippen molar-refractivity contribution in [3.8, 4) is 0 Å². The fourth-order valence-electron chi connectivity index (χ4n) is 4.94. The summed E-state index contributed by atoms with van der Waals surface area (Å²) in [6.07, 6.45) is 6.27. The van der Waals surface area contributed by atoms with Crippen molar-refractivity contribution in [2.24, 2.45) is 13.0 Å². The lowest BCUT2D eigenvalue weighted by atomic mass is 9.81. The Morgan fingerprint density at radius 1 is 1.19 bits per heavy atom. The first-order chi connectivity index (χ1) is 15.1. The lowest BCUT2D eigenvalue weighted by Gasteiger charge is -2.28. The molecule has 3 heterocycles. The van der Waals surface area contributed by atoms with E-state index in [1.54, 1.807) is 16.3 Å². The van der Waals surface area contributed by atoms with Crippen LogP contribution in [0.1, 0.15) is 49.9 Å². The molecule has 0 unspecified atom stereocenters. The van der Waals surface area contributed by atoms with Crippen LogP contribution in [0.4, 0.5) is 0 Å². The van der Waals surface area contributed by atoms with Crippen molar-refractivity contribution in [2.75, 3.05) is 12.3 Å². The molecular weight excluding hydrogens is 410 g/mol. The van der Waals surface area contributed by atoms with Crippen molar-refractivity contribution in [3.05, 3.63) is 52.7 Å². The summed E-state index contributed by atoms with van der Waals surface area (Å²) in [5, 5.41) is 3.83. The maximum Gasteiger partial charge on any atom is 0.254 e. The minimum atomic E-state index is -0.102. The second kappa shape index (κ2) is 8.49. The van der Waals surface area contributed by atoms with Crippen molar-refractivity contribution < 1.29 is 4.79 Å². The van der Waals surface area contributed by atoms with E-state index in [-0.39, 0.29) is 17.5 Å². The summed E-state index contributed by atoms with van der Waals surface area (Å²) in [5.74, 6) is 2.91. The second-order valence-electron chi connectivity index (χ2n) is 8.64. The van der Waals surface area contributed by atoms with Gasteiger partial charge in [-0.3, -0.25) is 14.2 Å². The minimum Gasteiger partial charge on any atom is -0.356 e. The molecule has 0 bridgehead atoms. The van der Waals surface area contributed by atoms with Gasteiger partial charge in [0.05, 0.1) is 17.1 Å². The van der Waals surface area contributed by atoms with E-state index in [0.717, 1.165) is 37.0 Å². The molecule has 0 spiro atoms. The van der Waals surface area contributed by atoms with Gasteiger partial charge in [0.15, 0.2) is 5.16 Å². The number of aryl methyl sites for hydroxylation is 1. The van der Waals surface area contributed by atoms with Crippen molar-refractivity contribution in [2.45, 2.75) is 49.2 Å². The summed E-state index contributed by atoms with van der Waals surface area (Å²) < 4.78 is 3.89. The molecule has 1 aliphatic carbocycles. The van der Waals surface area contributed by atoms with Gasteiger partial charge in [0.25, 0.3) is 5.56 Å². The van der Waals surface area contributed by atoms with Crippen molar-refractivity contribution in [1.82, 2.24) is 24.4 Å². The predicted molar refractivity (Wildman–Crippen MR) is 121 cm³/mol. The fraction of sp³-hybridized carbons (Fsp3) is 0.478. The van der Waals surface area contributed by atoms with E-state index >= 15 is 0 Å². The second-order valence-corrected chi connectivity index (χ2v) is 9.63. The first kappa shape index (κ1) is 20.3. The van der Waals surface area contributed by atoms with Gasteiger partial charge in [-0.05, 0) is 43.7 Å². The SMILES string of the molecule is Cn1c(C2CCC(CNC(=O)C[C@H]3CSc4nccc(=O)n43)CC2)nc2ccccc21. The topological polar surface area (TPSA) is 81.8 Å². The summed E-state index contributed by atoms with van der Waals surface area (Å²) >= 11 is 1.54. The molecule has 162 valence electrons. The van der Waals surface area contributed by atoms with Crippen LogP contribution in [0.2, 0.25) is 0 Å². The highest BCUT2D eigenvalue weighted by atomic mass is 32.2. The molecule has 1 aliphatic heterocycles. The van der Waals surface area contributed by atoms with Gasteiger partial charge in [-0.1, -0.05) is 23.9 Å². The maximum absolute atomic E-state index is 12.5. The molecule has 0 radical (unpaired) electrons. The van der Waals surface area contributed by atoms with Gasteiger partial charge in [0.2, 0.25) is 5.91 Å². The Morgan fingerprint density at radius 2 is 2.00 bits per heavy atom. The number of aromatic nitrogens is 4. The number of hydrogen-bond donors (Lipinski definition) is 1. The first-order valence-corrected chi connectivity index (χ1v) is 12.0. The van der Waals surface area contributed by atoms with Gasteiger partial charge in [-0.15, -0.1) is 0 Å². The van der Waals surface area contributed by atoms with Gasteiger partial charge in [-0.2, -0.15) is 0 Å². The number of hydrogen-bond acceptors (Lipinski definition) is 5. The number of nitrogens with one attached hydrogen (secondary N) is 1. The van der Waals surface area contributed by atoms with Crippen LogP contribution in [0, 0.1) is 5.92 Å². The third-order valence-electron chi connectivity index (χ3n) is 6.66. The third-order valence-corrected chi connectivity index (χ3v) is 7.77. The molecule has 1 N–H and O–H groups in total. The standard InChI is InChI=1S/C23H27N5O2S/c1-27-19-5-3-2-4-18(19)26-22(27)16-8-6-15(7-9-16)13-25-20(29)12-17-14-31-23-24-11-10-21(30)28(17)23/h2-5,10-11,15-17H,6-9,12-14H2,1H3,(H,25,29)/t15?,16?,17-/m0/s1. The molecule has 2 aromatic heterocycles. The van der Waals surface area contributed by atoms with Gasteiger partial charge in [0, 0.05) is 43.9 Å². The zero-order valence-electron chi connectivity index (χ0n) is 17.7. The highest BCUT2D eigenvalue weighted by Crippen LogP contribution is 2.36. The predicted octanol–water partition coefficient (Wildman–Crippen LogP) is 3.26. The monoisotopic (exact) mass is 437 g/mol. The Morgan fingerprint density at radius 3 is 2.81 bits per heavy atom. The molecule has 3 aromatic rings. The third kappa shape index (κ3) is 4.01. The molecule has 2 aliphatic rings. The molecule has 1 aromatic carbocycles. The number of amides is 1. The van der Waals surface area contributed by atoms with E-state index in [2.05, 4.69) is 40.1 Å². The van der Waals surface area contributed by atoms with Crippen molar-refractivity contribution in [1.29, 1.82) is 0 Å². The van der Waals surface area contributed by atoms with Crippen LogP contribution in [0.25, 0.3) is 11.0 Å². The van der Waals surface area contributed by atoms with E-state index in [4.69, 9.17) is 4.98 Å². The van der Waals surface area contributed by atoms with E-state index in [9.17, 15) is 9.59 Å². The van der Waals surface area contributed by atoms with Crippen molar-refractivity contribution in [3.63, 3.8) is 0 Å². The number of carbonyl (C=O) groups excluding carboxylic acids is 1. The summed E-state index contributed by atoms with van der Waals surface area (Å²) in [5.41, 5.74) is 2.18. The number of fused-ring (bicyclic) bond motifs is 2. The van der Waals surface area contributed by atoms with E-state index in [1.165, 1.54) is 23.6 Å². The number of carbonyl (C=O) groups is 1. The molecule has 0 saturated heterocycles. The largest absolute Gasteiger partial charge is 0.356 e. The zero-order chi connectivity index (χ0) is 21.4. The van der Waals surface area contributed by atoms with Crippen LogP contribution in [-0.2, 0) is 11.8 Å². The van der Waals surface area contributed by atoms with Gasteiger partial charge >= 0.3 is 0 Å². The van der Waals surface area contributed by atoms with Crippen LogP contribution in [-0.4, -0.2) is 37.3 Å². The molecule has 1 atom stereocenters. The minimum absolute atomic E-state index is 0.0201.